The monoisotopic (exact) mass is 248 g/mol. The third kappa shape index (κ3) is 4.81. The number of aliphatic hydroxyl groups excluding tert-OH is 1. The third-order valence-corrected chi connectivity index (χ3v) is 3.33. The van der Waals surface area contributed by atoms with Crippen LogP contribution in [0, 0.1) is 5.41 Å². The summed E-state index contributed by atoms with van der Waals surface area (Å²) in [6.07, 6.45) is 3.00. The molecule has 0 saturated carbocycles. The molecule has 0 bridgehead atoms. The molecule has 0 unspecified atom stereocenters. The van der Waals surface area contributed by atoms with Crippen molar-refractivity contribution in [2.45, 2.75) is 59.3 Å². The zero-order valence-corrected chi connectivity index (χ0v) is 12.6. The van der Waals surface area contributed by atoms with Gasteiger partial charge in [0.25, 0.3) is 0 Å². The van der Waals surface area contributed by atoms with Gasteiger partial charge in [0.15, 0.2) is 0 Å². The quantitative estimate of drug-likeness (QED) is 0.822. The van der Waals surface area contributed by atoms with Crippen LogP contribution in [0.3, 0.4) is 0 Å². The first-order valence-electron chi connectivity index (χ1n) is 6.95. The lowest BCUT2D eigenvalue weighted by molar-refractivity contribution is 0.283. The average molecular weight is 248 g/mol. The van der Waals surface area contributed by atoms with E-state index in [9.17, 15) is 0 Å². The largest absolute Gasteiger partial charge is 0.396 e. The van der Waals surface area contributed by atoms with Gasteiger partial charge in [-0.2, -0.15) is 0 Å². The van der Waals surface area contributed by atoms with Crippen LogP contribution >= 0.6 is 0 Å². The highest BCUT2D eigenvalue weighted by Gasteiger charge is 2.26. The van der Waals surface area contributed by atoms with E-state index in [0.717, 1.165) is 12.8 Å². The van der Waals surface area contributed by atoms with Crippen molar-refractivity contribution < 1.29 is 5.11 Å². The van der Waals surface area contributed by atoms with Gasteiger partial charge in [-0.05, 0) is 41.2 Å². The second kappa shape index (κ2) is 5.88. The van der Waals surface area contributed by atoms with E-state index >= 15 is 0 Å². The molecule has 102 valence electrons. The summed E-state index contributed by atoms with van der Waals surface area (Å²) in [6.45, 7) is 11.8. The lowest BCUT2D eigenvalue weighted by Gasteiger charge is -2.33. The lowest BCUT2D eigenvalue weighted by Crippen LogP contribution is -2.24. The highest BCUT2D eigenvalue weighted by molar-refractivity contribution is 5.28. The Labute approximate surface area is 112 Å². The van der Waals surface area contributed by atoms with Crippen LogP contribution in [0.2, 0.25) is 0 Å². The Hall–Kier alpha value is -0.820. The van der Waals surface area contributed by atoms with Gasteiger partial charge < -0.3 is 5.11 Å². The minimum absolute atomic E-state index is 0.216. The van der Waals surface area contributed by atoms with Gasteiger partial charge in [0, 0.05) is 6.61 Å². The molecule has 0 aliphatic carbocycles. The van der Waals surface area contributed by atoms with Crippen molar-refractivity contribution in [3.63, 3.8) is 0 Å². The minimum atomic E-state index is 0.216. The minimum Gasteiger partial charge on any atom is -0.396 e. The number of rotatable bonds is 5. The second-order valence-corrected chi connectivity index (χ2v) is 7.15. The molecule has 0 spiro atoms. The Balaban J connectivity index is 2.77. The molecule has 1 heteroatoms. The molecule has 0 aliphatic rings. The predicted molar refractivity (Wildman–Crippen MR) is 78.9 cm³/mol. The van der Waals surface area contributed by atoms with Crippen molar-refractivity contribution in [1.82, 2.24) is 0 Å². The predicted octanol–water partition coefficient (Wildman–Crippen LogP) is 4.33. The standard InChI is InChI=1S/C17H28O/c1-16(2,3)13-17(4,5)15-10-8-14(9-11-15)7-6-12-18/h8-11,18H,6-7,12-13H2,1-5H3. The van der Waals surface area contributed by atoms with E-state index in [1.165, 1.54) is 17.5 Å². The highest BCUT2D eigenvalue weighted by atomic mass is 16.2. The first-order chi connectivity index (χ1) is 8.24. The summed E-state index contributed by atoms with van der Waals surface area (Å²) in [5.74, 6) is 0. The Kier molecular flexibility index (Phi) is 4.98. The number of benzene rings is 1. The summed E-state index contributed by atoms with van der Waals surface area (Å²) >= 11 is 0. The van der Waals surface area contributed by atoms with Gasteiger partial charge in [-0.3, -0.25) is 0 Å². The van der Waals surface area contributed by atoms with Gasteiger partial charge in [0.1, 0.15) is 0 Å². The first kappa shape index (κ1) is 15.2. The summed E-state index contributed by atoms with van der Waals surface area (Å²) in [5, 5.41) is 8.84. The molecule has 1 nitrogen and oxygen atoms in total. The number of aryl methyl sites for hydroxylation is 1. The molecular weight excluding hydrogens is 220 g/mol. The normalized spacial score (nSPS) is 12.8. The molecule has 0 saturated heterocycles. The first-order valence-corrected chi connectivity index (χ1v) is 6.95. The highest BCUT2D eigenvalue weighted by Crippen LogP contribution is 2.36. The summed E-state index contributed by atoms with van der Waals surface area (Å²) in [6, 6.07) is 8.90. The fourth-order valence-corrected chi connectivity index (χ4v) is 2.83. The maximum Gasteiger partial charge on any atom is 0.0434 e. The van der Waals surface area contributed by atoms with E-state index in [1.54, 1.807) is 0 Å². The Bertz CT molecular complexity index is 354. The molecule has 0 fully saturated rings. The zero-order chi connectivity index (χ0) is 13.8. The molecule has 1 N–H and O–H groups in total. The summed E-state index contributed by atoms with van der Waals surface area (Å²) in [4.78, 5) is 0. The van der Waals surface area contributed by atoms with Crippen LogP contribution in [0.1, 0.15) is 58.6 Å². The zero-order valence-electron chi connectivity index (χ0n) is 12.6. The van der Waals surface area contributed by atoms with Gasteiger partial charge in [-0.1, -0.05) is 58.9 Å². The molecule has 1 aromatic rings. The fraction of sp³-hybridized carbons (Fsp3) is 0.647. The van der Waals surface area contributed by atoms with Crippen molar-refractivity contribution in [1.29, 1.82) is 0 Å². The molecule has 0 amide bonds. The molecule has 1 aromatic carbocycles. The van der Waals surface area contributed by atoms with Crippen LogP contribution in [0.4, 0.5) is 0 Å². The molecule has 0 aliphatic heterocycles. The van der Waals surface area contributed by atoms with Gasteiger partial charge in [-0.15, -0.1) is 0 Å². The van der Waals surface area contributed by atoms with Crippen LogP contribution in [0.25, 0.3) is 0 Å². The van der Waals surface area contributed by atoms with Crippen molar-refractivity contribution in [3.8, 4) is 0 Å². The molecule has 0 atom stereocenters. The fourth-order valence-electron chi connectivity index (χ4n) is 2.83. The molecule has 1 rings (SSSR count). The van der Waals surface area contributed by atoms with Crippen molar-refractivity contribution in [2.24, 2.45) is 5.41 Å². The van der Waals surface area contributed by atoms with Crippen molar-refractivity contribution in [2.75, 3.05) is 6.61 Å². The van der Waals surface area contributed by atoms with Gasteiger partial charge >= 0.3 is 0 Å². The van der Waals surface area contributed by atoms with Crippen LogP contribution in [-0.4, -0.2) is 11.7 Å². The Morgan fingerprint density at radius 3 is 1.94 bits per heavy atom. The number of aliphatic hydroxyl groups is 1. The van der Waals surface area contributed by atoms with Crippen LogP contribution < -0.4 is 0 Å². The average Bonchev–Trinajstić information content (AvgIpc) is 2.23. The van der Waals surface area contributed by atoms with Crippen molar-refractivity contribution in [3.05, 3.63) is 35.4 Å². The number of hydrogen-bond acceptors (Lipinski definition) is 1. The summed E-state index contributed by atoms with van der Waals surface area (Å²) < 4.78 is 0. The molecule has 0 heterocycles. The van der Waals surface area contributed by atoms with E-state index in [1.807, 2.05) is 0 Å². The SMILES string of the molecule is CC(C)(C)CC(C)(C)c1ccc(CCCO)cc1. The van der Waals surface area contributed by atoms with Crippen LogP contribution in [-0.2, 0) is 11.8 Å². The van der Waals surface area contributed by atoms with E-state index < -0.39 is 0 Å². The molecule has 0 aromatic heterocycles. The lowest BCUT2D eigenvalue weighted by atomic mass is 9.72. The van der Waals surface area contributed by atoms with Crippen molar-refractivity contribution >= 4 is 0 Å². The van der Waals surface area contributed by atoms with Gasteiger partial charge in [0.2, 0.25) is 0 Å². The maximum absolute atomic E-state index is 8.84. The Morgan fingerprint density at radius 2 is 1.50 bits per heavy atom. The number of hydrogen-bond donors (Lipinski definition) is 1. The van der Waals surface area contributed by atoms with Crippen LogP contribution in [0.5, 0.6) is 0 Å². The molecule has 18 heavy (non-hydrogen) atoms. The third-order valence-electron chi connectivity index (χ3n) is 3.33. The smallest absolute Gasteiger partial charge is 0.0434 e. The summed E-state index contributed by atoms with van der Waals surface area (Å²) in [7, 11) is 0. The maximum atomic E-state index is 8.84. The van der Waals surface area contributed by atoms with Crippen LogP contribution in [0.15, 0.2) is 24.3 Å². The Morgan fingerprint density at radius 1 is 0.944 bits per heavy atom. The van der Waals surface area contributed by atoms with E-state index in [4.69, 9.17) is 5.11 Å². The van der Waals surface area contributed by atoms with E-state index in [0.29, 0.717) is 5.41 Å². The molecule has 0 radical (unpaired) electrons. The van der Waals surface area contributed by atoms with E-state index in [2.05, 4.69) is 58.9 Å². The van der Waals surface area contributed by atoms with E-state index in [-0.39, 0.29) is 12.0 Å². The summed E-state index contributed by atoms with van der Waals surface area (Å²) in [5.41, 5.74) is 3.29. The van der Waals surface area contributed by atoms with Gasteiger partial charge in [-0.25, -0.2) is 0 Å². The van der Waals surface area contributed by atoms with Gasteiger partial charge in [0.05, 0.1) is 0 Å². The molecular formula is C17H28O. The second-order valence-electron chi connectivity index (χ2n) is 7.15. The topological polar surface area (TPSA) is 20.2 Å².